The summed E-state index contributed by atoms with van der Waals surface area (Å²) in [6, 6.07) is 0. The summed E-state index contributed by atoms with van der Waals surface area (Å²) in [6.45, 7) is 5.72. The molecule has 0 atom stereocenters. The maximum atomic E-state index is 11.8. The van der Waals surface area contributed by atoms with Gasteiger partial charge < -0.3 is 9.47 Å². The van der Waals surface area contributed by atoms with Gasteiger partial charge >= 0.3 is 11.9 Å². The highest BCUT2D eigenvalue weighted by Crippen LogP contribution is 2.15. The molecular weight excluding hydrogens is 520 g/mol. The van der Waals surface area contributed by atoms with Gasteiger partial charge in [0.1, 0.15) is 0 Å². The van der Waals surface area contributed by atoms with E-state index in [-0.39, 0.29) is 11.9 Å². The molecule has 0 amide bonds. The molecule has 0 saturated heterocycles. The van der Waals surface area contributed by atoms with Gasteiger partial charge in [-0.2, -0.15) is 0 Å². The minimum Gasteiger partial charge on any atom is -0.466 e. The molecule has 0 aliphatic heterocycles. The van der Waals surface area contributed by atoms with E-state index in [0.717, 1.165) is 25.7 Å². The molecule has 0 N–H and O–H groups in total. The van der Waals surface area contributed by atoms with Gasteiger partial charge in [-0.15, -0.1) is 0 Å². The van der Waals surface area contributed by atoms with Crippen LogP contribution in [0.5, 0.6) is 0 Å². The highest BCUT2D eigenvalue weighted by atomic mass is 16.5. The Morgan fingerprint density at radius 1 is 0.310 bits per heavy atom. The Kier molecular flexibility index (Phi) is 35.2. The first-order chi connectivity index (χ1) is 20.7. The van der Waals surface area contributed by atoms with Crippen molar-refractivity contribution in [3.8, 4) is 0 Å². The van der Waals surface area contributed by atoms with Crippen LogP contribution in [0.3, 0.4) is 0 Å². The quantitative estimate of drug-likeness (QED) is 0.0541. The van der Waals surface area contributed by atoms with Gasteiger partial charge in [-0.05, 0) is 25.7 Å². The van der Waals surface area contributed by atoms with Gasteiger partial charge in [0.15, 0.2) is 0 Å². The lowest BCUT2D eigenvalue weighted by molar-refractivity contribution is -0.144. The molecule has 0 radical (unpaired) electrons. The van der Waals surface area contributed by atoms with Gasteiger partial charge in [-0.1, -0.05) is 181 Å². The van der Waals surface area contributed by atoms with Crippen molar-refractivity contribution in [2.45, 2.75) is 219 Å². The third kappa shape index (κ3) is 35.1. The second kappa shape index (κ2) is 36.1. The monoisotopic (exact) mass is 595 g/mol. The molecule has 4 nitrogen and oxygen atoms in total. The Balaban J connectivity index is 3.17. The number of esters is 2. The van der Waals surface area contributed by atoms with Gasteiger partial charge in [0.2, 0.25) is 0 Å². The van der Waals surface area contributed by atoms with Crippen molar-refractivity contribution in [2.24, 2.45) is 0 Å². The number of unbranched alkanes of at least 4 members (excludes halogenated alkanes) is 27. The third-order valence-electron chi connectivity index (χ3n) is 8.53. The van der Waals surface area contributed by atoms with Crippen LogP contribution < -0.4 is 0 Å². The zero-order valence-electron chi connectivity index (χ0n) is 28.7. The van der Waals surface area contributed by atoms with Crippen LogP contribution in [-0.2, 0) is 19.1 Å². The number of hydrogen-bond acceptors (Lipinski definition) is 4. The van der Waals surface area contributed by atoms with E-state index in [1.165, 1.54) is 167 Å². The maximum absolute atomic E-state index is 11.8. The molecule has 0 aliphatic rings. The molecule has 0 spiro atoms. The van der Waals surface area contributed by atoms with Crippen LogP contribution in [-0.4, -0.2) is 25.2 Å². The van der Waals surface area contributed by atoms with E-state index in [1.807, 2.05) is 0 Å². The highest BCUT2D eigenvalue weighted by Gasteiger charge is 2.04. The Morgan fingerprint density at radius 2 is 0.524 bits per heavy atom. The average Bonchev–Trinajstić information content (AvgIpc) is 2.99. The van der Waals surface area contributed by atoms with E-state index < -0.39 is 0 Å². The number of ether oxygens (including phenoxy) is 2. The third-order valence-corrected chi connectivity index (χ3v) is 8.53. The van der Waals surface area contributed by atoms with E-state index in [4.69, 9.17) is 9.47 Å². The topological polar surface area (TPSA) is 52.6 Å². The number of hydrogen-bond donors (Lipinski definition) is 0. The van der Waals surface area contributed by atoms with Gasteiger partial charge in [-0.25, -0.2) is 0 Å². The number of rotatable bonds is 35. The Bertz CT molecular complexity index is 499. The first-order valence-electron chi connectivity index (χ1n) is 19.0. The van der Waals surface area contributed by atoms with Gasteiger partial charge in [0.05, 0.1) is 13.2 Å². The van der Waals surface area contributed by atoms with E-state index >= 15 is 0 Å². The van der Waals surface area contributed by atoms with Crippen molar-refractivity contribution in [1.82, 2.24) is 0 Å². The largest absolute Gasteiger partial charge is 0.466 e. The number of carbonyl (C=O) groups excluding carboxylic acids is 2. The molecule has 0 aliphatic carbocycles. The van der Waals surface area contributed by atoms with Crippen LogP contribution in [0.2, 0.25) is 0 Å². The molecule has 0 aromatic carbocycles. The van der Waals surface area contributed by atoms with Crippen molar-refractivity contribution in [2.75, 3.05) is 13.2 Å². The maximum Gasteiger partial charge on any atom is 0.305 e. The van der Waals surface area contributed by atoms with Gasteiger partial charge in [0, 0.05) is 12.8 Å². The van der Waals surface area contributed by atoms with E-state index in [9.17, 15) is 9.59 Å². The molecule has 0 bridgehead atoms. The lowest BCUT2D eigenvalue weighted by atomic mass is 10.0. The lowest BCUT2D eigenvalue weighted by Crippen LogP contribution is -2.05. The van der Waals surface area contributed by atoms with Crippen LogP contribution in [0.4, 0.5) is 0 Å². The van der Waals surface area contributed by atoms with Crippen LogP contribution in [0.1, 0.15) is 219 Å². The summed E-state index contributed by atoms with van der Waals surface area (Å²) in [5, 5.41) is 0. The standard InChI is InChI=1S/C38H74O4/c1-3-5-7-9-21-25-29-33-37(39)41-35-31-27-23-19-17-15-13-11-12-14-16-18-20-24-28-32-36-42-38(40)34-30-26-22-10-8-6-4-2/h3-36H2,1-2H3. The Labute approximate surface area is 263 Å². The molecule has 0 saturated carbocycles. The average molecular weight is 595 g/mol. The van der Waals surface area contributed by atoms with Crippen molar-refractivity contribution < 1.29 is 19.1 Å². The van der Waals surface area contributed by atoms with Gasteiger partial charge in [0.25, 0.3) is 0 Å². The fourth-order valence-electron chi connectivity index (χ4n) is 5.65. The summed E-state index contributed by atoms with van der Waals surface area (Å²) in [4.78, 5) is 23.6. The second-order valence-corrected chi connectivity index (χ2v) is 12.8. The Hall–Kier alpha value is -1.06. The highest BCUT2D eigenvalue weighted by molar-refractivity contribution is 5.69. The molecule has 0 unspecified atom stereocenters. The molecule has 0 heterocycles. The smallest absolute Gasteiger partial charge is 0.305 e. The zero-order valence-corrected chi connectivity index (χ0v) is 28.7. The van der Waals surface area contributed by atoms with E-state index in [2.05, 4.69) is 13.8 Å². The van der Waals surface area contributed by atoms with Crippen LogP contribution in [0, 0.1) is 0 Å². The minimum absolute atomic E-state index is 0.00668. The van der Waals surface area contributed by atoms with Crippen LogP contribution in [0.25, 0.3) is 0 Å². The van der Waals surface area contributed by atoms with Crippen molar-refractivity contribution in [3.05, 3.63) is 0 Å². The molecular formula is C38H74O4. The zero-order chi connectivity index (χ0) is 30.6. The summed E-state index contributed by atoms with van der Waals surface area (Å²) in [6.07, 6.45) is 39.2. The van der Waals surface area contributed by atoms with Crippen LogP contribution >= 0.6 is 0 Å². The van der Waals surface area contributed by atoms with E-state index in [0.29, 0.717) is 26.1 Å². The summed E-state index contributed by atoms with van der Waals surface area (Å²) >= 11 is 0. The second-order valence-electron chi connectivity index (χ2n) is 12.8. The van der Waals surface area contributed by atoms with E-state index in [1.54, 1.807) is 0 Å². The summed E-state index contributed by atoms with van der Waals surface area (Å²) in [5.41, 5.74) is 0. The number of carbonyl (C=O) groups is 2. The molecule has 42 heavy (non-hydrogen) atoms. The fourth-order valence-corrected chi connectivity index (χ4v) is 5.65. The predicted molar refractivity (Wildman–Crippen MR) is 181 cm³/mol. The summed E-state index contributed by atoms with van der Waals surface area (Å²) in [5.74, 6) is 0.0134. The lowest BCUT2D eigenvalue weighted by Gasteiger charge is -2.06. The van der Waals surface area contributed by atoms with Crippen molar-refractivity contribution in [1.29, 1.82) is 0 Å². The molecule has 0 aromatic rings. The van der Waals surface area contributed by atoms with Crippen molar-refractivity contribution >= 4 is 11.9 Å². The SMILES string of the molecule is CCCCCCCCCC(=O)OCCCCCCCCCCCCCCCCCCOC(=O)CCCCCCCCC. The first-order valence-corrected chi connectivity index (χ1v) is 19.0. The summed E-state index contributed by atoms with van der Waals surface area (Å²) < 4.78 is 10.8. The molecule has 4 heteroatoms. The summed E-state index contributed by atoms with van der Waals surface area (Å²) in [7, 11) is 0. The van der Waals surface area contributed by atoms with Crippen molar-refractivity contribution in [3.63, 3.8) is 0 Å². The molecule has 0 fully saturated rings. The molecule has 250 valence electrons. The van der Waals surface area contributed by atoms with Gasteiger partial charge in [-0.3, -0.25) is 9.59 Å². The fraction of sp³-hybridized carbons (Fsp3) is 0.947. The molecule has 0 rings (SSSR count). The first kappa shape index (κ1) is 40.9. The van der Waals surface area contributed by atoms with Crippen LogP contribution in [0.15, 0.2) is 0 Å². The minimum atomic E-state index is 0.00668. The molecule has 0 aromatic heterocycles. The predicted octanol–water partition coefficient (Wildman–Crippen LogP) is 12.6. The Morgan fingerprint density at radius 3 is 0.786 bits per heavy atom. The normalized spacial score (nSPS) is 11.2.